The number of rotatable bonds is 8. The molecule has 0 aromatic heterocycles. The molecule has 2 aromatic rings. The van der Waals surface area contributed by atoms with Crippen molar-refractivity contribution in [2.75, 3.05) is 38.1 Å². The number of carbonyl (C=O) groups excluding carboxylic acids is 1. The molecule has 1 heterocycles. The highest BCUT2D eigenvalue weighted by Crippen LogP contribution is 2.26. The van der Waals surface area contributed by atoms with Gasteiger partial charge in [-0.2, -0.15) is 4.31 Å². The van der Waals surface area contributed by atoms with E-state index in [9.17, 15) is 13.2 Å². The molecule has 1 amide bonds. The van der Waals surface area contributed by atoms with E-state index in [1.807, 2.05) is 51.2 Å². The van der Waals surface area contributed by atoms with Crippen LogP contribution in [0.4, 0.5) is 5.69 Å². The first-order chi connectivity index (χ1) is 14.8. The average molecular weight is 444 g/mol. The van der Waals surface area contributed by atoms with Crippen LogP contribution in [-0.4, -0.2) is 51.9 Å². The minimum atomic E-state index is -3.52. The molecule has 1 aliphatic heterocycles. The monoisotopic (exact) mass is 443 g/mol. The summed E-state index contributed by atoms with van der Waals surface area (Å²) in [6.07, 6.45) is 1.97. The van der Waals surface area contributed by atoms with Gasteiger partial charge in [-0.25, -0.2) is 8.42 Å². The van der Waals surface area contributed by atoms with Crippen molar-refractivity contribution in [3.8, 4) is 0 Å². The molecule has 3 rings (SSSR count). The summed E-state index contributed by atoms with van der Waals surface area (Å²) in [5.41, 5.74) is 2.97. The number of sulfonamides is 1. The van der Waals surface area contributed by atoms with Gasteiger partial charge in [0.2, 0.25) is 15.9 Å². The Morgan fingerprint density at radius 3 is 2.42 bits per heavy atom. The minimum Gasteiger partial charge on any atom is -0.375 e. The van der Waals surface area contributed by atoms with Gasteiger partial charge in [-0.3, -0.25) is 4.79 Å². The Balaban J connectivity index is 1.44. The predicted octanol–water partition coefficient (Wildman–Crippen LogP) is 3.35. The molecule has 0 spiro atoms. The predicted molar refractivity (Wildman–Crippen MR) is 125 cm³/mol. The summed E-state index contributed by atoms with van der Waals surface area (Å²) in [6.45, 7) is 6.02. The third-order valence-electron chi connectivity index (χ3n) is 5.94. The second-order valence-electron chi connectivity index (χ2n) is 8.35. The molecule has 0 saturated carbocycles. The summed E-state index contributed by atoms with van der Waals surface area (Å²) in [7, 11) is -1.47. The Labute approximate surface area is 186 Å². The zero-order valence-corrected chi connectivity index (χ0v) is 19.5. The third-order valence-corrected chi connectivity index (χ3v) is 8.00. The summed E-state index contributed by atoms with van der Waals surface area (Å²) in [6, 6.07) is 15.6. The molecule has 31 heavy (non-hydrogen) atoms. The molecule has 1 fully saturated rings. The van der Waals surface area contributed by atoms with E-state index in [0.717, 1.165) is 29.8 Å². The van der Waals surface area contributed by atoms with Crippen molar-refractivity contribution >= 4 is 21.6 Å². The number of benzene rings is 2. The lowest BCUT2D eigenvalue weighted by Gasteiger charge is -2.31. The van der Waals surface area contributed by atoms with E-state index in [2.05, 4.69) is 22.3 Å². The number of carbonyl (C=O) groups is 1. The number of nitrogens with one attached hydrogen (secondary N) is 1. The van der Waals surface area contributed by atoms with Gasteiger partial charge in [0.25, 0.3) is 0 Å². The fourth-order valence-corrected chi connectivity index (χ4v) is 5.75. The summed E-state index contributed by atoms with van der Waals surface area (Å²) in [5, 5.41) is 3.03. The van der Waals surface area contributed by atoms with Gasteiger partial charge in [0.1, 0.15) is 0 Å². The fraction of sp³-hybridized carbons (Fsp3) is 0.458. The Bertz CT molecular complexity index is 984. The van der Waals surface area contributed by atoms with Crippen LogP contribution < -0.4 is 10.2 Å². The van der Waals surface area contributed by atoms with Crippen molar-refractivity contribution in [1.82, 2.24) is 9.62 Å². The fourth-order valence-electron chi connectivity index (χ4n) is 4.07. The molecule has 2 aromatic carbocycles. The van der Waals surface area contributed by atoms with Crippen LogP contribution in [0.3, 0.4) is 0 Å². The lowest BCUT2D eigenvalue weighted by atomic mass is 9.97. The van der Waals surface area contributed by atoms with Crippen molar-refractivity contribution in [2.45, 2.75) is 38.0 Å². The van der Waals surface area contributed by atoms with Gasteiger partial charge < -0.3 is 10.2 Å². The smallest absolute Gasteiger partial charge is 0.243 e. The second kappa shape index (κ2) is 10.3. The molecule has 6 nitrogen and oxygen atoms in total. The zero-order chi connectivity index (χ0) is 22.4. The van der Waals surface area contributed by atoms with Crippen LogP contribution >= 0.6 is 0 Å². The highest BCUT2D eigenvalue weighted by Gasteiger charge is 2.32. The van der Waals surface area contributed by atoms with Gasteiger partial charge in [-0.05, 0) is 56.9 Å². The van der Waals surface area contributed by atoms with Gasteiger partial charge in [0.05, 0.1) is 4.90 Å². The van der Waals surface area contributed by atoms with Crippen LogP contribution in [0.25, 0.3) is 0 Å². The molecule has 0 atom stereocenters. The summed E-state index contributed by atoms with van der Waals surface area (Å²) < 4.78 is 27.5. The zero-order valence-electron chi connectivity index (χ0n) is 18.7. The molecule has 1 N–H and O–H groups in total. The van der Waals surface area contributed by atoms with Gasteiger partial charge in [-0.15, -0.1) is 0 Å². The number of amides is 1. The van der Waals surface area contributed by atoms with E-state index >= 15 is 0 Å². The number of hydrogen-bond donors (Lipinski definition) is 1. The molecule has 1 aliphatic rings. The van der Waals surface area contributed by atoms with Gasteiger partial charge >= 0.3 is 0 Å². The largest absolute Gasteiger partial charge is 0.375 e. The van der Waals surface area contributed by atoms with E-state index in [-0.39, 0.29) is 11.8 Å². The maximum absolute atomic E-state index is 13.0. The quantitative estimate of drug-likeness (QED) is 0.636. The molecular formula is C24H33N3O3S. The topological polar surface area (TPSA) is 69.7 Å². The molecular weight excluding hydrogens is 410 g/mol. The summed E-state index contributed by atoms with van der Waals surface area (Å²) in [5.74, 6) is -0.0941. The second-order valence-corrected chi connectivity index (χ2v) is 10.3. The van der Waals surface area contributed by atoms with Crippen LogP contribution in [-0.2, 0) is 14.8 Å². The first kappa shape index (κ1) is 23.3. The Kier molecular flexibility index (Phi) is 7.73. The normalized spacial score (nSPS) is 15.6. The van der Waals surface area contributed by atoms with Gasteiger partial charge in [0.15, 0.2) is 0 Å². The maximum Gasteiger partial charge on any atom is 0.243 e. The van der Waals surface area contributed by atoms with E-state index in [0.29, 0.717) is 37.4 Å². The summed E-state index contributed by atoms with van der Waals surface area (Å²) >= 11 is 0. The van der Waals surface area contributed by atoms with Crippen molar-refractivity contribution in [1.29, 1.82) is 0 Å². The molecule has 0 unspecified atom stereocenters. The van der Waals surface area contributed by atoms with E-state index in [1.165, 1.54) is 4.31 Å². The molecule has 0 radical (unpaired) electrons. The average Bonchev–Trinajstić information content (AvgIpc) is 2.77. The minimum absolute atomic E-state index is 0.0333. The first-order valence-corrected chi connectivity index (χ1v) is 12.3. The van der Waals surface area contributed by atoms with Crippen LogP contribution in [0.1, 0.15) is 30.4 Å². The first-order valence-electron chi connectivity index (χ1n) is 10.9. The van der Waals surface area contributed by atoms with Crippen molar-refractivity contribution in [3.05, 3.63) is 59.7 Å². The van der Waals surface area contributed by atoms with E-state index in [4.69, 9.17) is 0 Å². The van der Waals surface area contributed by atoms with Gasteiger partial charge in [-0.1, -0.05) is 35.9 Å². The number of hydrogen-bond acceptors (Lipinski definition) is 4. The van der Waals surface area contributed by atoms with Crippen molar-refractivity contribution < 1.29 is 13.2 Å². The third kappa shape index (κ3) is 5.86. The highest BCUT2D eigenvalue weighted by atomic mass is 32.2. The van der Waals surface area contributed by atoms with Crippen LogP contribution in [0.5, 0.6) is 0 Å². The van der Waals surface area contributed by atoms with E-state index < -0.39 is 10.0 Å². The number of nitrogens with zero attached hydrogens (tertiary/aromatic N) is 2. The lowest BCUT2D eigenvalue weighted by Crippen LogP contribution is -2.43. The molecule has 0 bridgehead atoms. The lowest BCUT2D eigenvalue weighted by molar-refractivity contribution is -0.126. The molecule has 1 saturated heterocycles. The number of para-hydroxylation sites is 1. The maximum atomic E-state index is 13.0. The molecule has 0 aliphatic carbocycles. The van der Waals surface area contributed by atoms with Crippen molar-refractivity contribution in [3.63, 3.8) is 0 Å². The Hall–Kier alpha value is -2.38. The summed E-state index contributed by atoms with van der Waals surface area (Å²) in [4.78, 5) is 15.1. The Morgan fingerprint density at radius 1 is 1.10 bits per heavy atom. The standard InChI is InChI=1S/C24H33N3O3S/c1-19-10-11-23(20(2)18-19)31(29,30)27-16-12-21(13-17-27)24(28)25-14-7-15-26(3)22-8-5-4-6-9-22/h4-6,8-11,18,21H,7,12-17H2,1-3H3,(H,25,28). The van der Waals surface area contributed by atoms with Crippen molar-refractivity contribution in [2.24, 2.45) is 5.92 Å². The number of aryl methyl sites for hydroxylation is 2. The molecule has 7 heteroatoms. The van der Waals surface area contributed by atoms with E-state index in [1.54, 1.807) is 6.07 Å². The Morgan fingerprint density at radius 2 is 1.77 bits per heavy atom. The highest BCUT2D eigenvalue weighted by molar-refractivity contribution is 7.89. The van der Waals surface area contributed by atoms with Crippen LogP contribution in [0, 0.1) is 19.8 Å². The van der Waals surface area contributed by atoms with Gasteiger partial charge in [0, 0.05) is 44.8 Å². The van der Waals surface area contributed by atoms with Crippen LogP contribution in [0.2, 0.25) is 0 Å². The van der Waals surface area contributed by atoms with Crippen LogP contribution in [0.15, 0.2) is 53.4 Å². The number of piperidine rings is 1. The number of anilines is 1. The SMILES string of the molecule is Cc1ccc(S(=O)(=O)N2CCC(C(=O)NCCCN(C)c3ccccc3)CC2)c(C)c1. The molecule has 168 valence electrons.